The summed E-state index contributed by atoms with van der Waals surface area (Å²) in [6.07, 6.45) is 1.76. The highest BCUT2D eigenvalue weighted by Gasteiger charge is 2.30. The second-order valence-corrected chi connectivity index (χ2v) is 8.90. The van der Waals surface area contributed by atoms with E-state index in [0.717, 1.165) is 56.1 Å². The smallest absolute Gasteiger partial charge is 0.274 e. The quantitative estimate of drug-likeness (QED) is 0.732. The van der Waals surface area contributed by atoms with Gasteiger partial charge < -0.3 is 14.4 Å². The van der Waals surface area contributed by atoms with Gasteiger partial charge in [0.15, 0.2) is 0 Å². The molecule has 8 heteroatoms. The average Bonchev–Trinajstić information content (AvgIpc) is 3.07. The molecule has 1 aromatic heterocycles. The molecule has 2 aliphatic rings. The number of benzene rings is 1. The highest BCUT2D eigenvalue weighted by Crippen LogP contribution is 2.27. The molecule has 7 nitrogen and oxygen atoms in total. The van der Waals surface area contributed by atoms with Crippen molar-refractivity contribution in [2.45, 2.75) is 46.2 Å². The molecule has 0 N–H and O–H groups in total. The topological polar surface area (TPSA) is 61.7 Å². The van der Waals surface area contributed by atoms with E-state index in [9.17, 15) is 14.0 Å². The molecule has 0 spiro atoms. The van der Waals surface area contributed by atoms with Gasteiger partial charge in [-0.1, -0.05) is 12.1 Å². The van der Waals surface area contributed by atoms with E-state index >= 15 is 0 Å². The Hall–Kier alpha value is -2.74. The second-order valence-electron chi connectivity index (χ2n) is 8.90. The summed E-state index contributed by atoms with van der Waals surface area (Å²) in [7, 11) is 0. The van der Waals surface area contributed by atoms with E-state index in [1.54, 1.807) is 19.1 Å². The molecule has 2 amide bonds. The molecule has 0 aliphatic carbocycles. The number of imidazole rings is 1. The SMILES string of the molecule is CC(=O)N1CCC(n2c(C)nc(C(=O)N3CCN(Cc4cccc(F)c4)CC3)c2C)CC1. The monoisotopic (exact) mass is 441 g/mol. The minimum Gasteiger partial charge on any atom is -0.343 e. The standard InChI is InChI=1S/C24H32FN5O2/c1-17-23(26-18(2)30(17)22-7-9-28(10-8-22)19(3)31)24(32)29-13-11-27(12-14-29)16-20-5-4-6-21(25)15-20/h4-6,15,22H,7-14,16H2,1-3H3. The van der Waals surface area contributed by atoms with Crippen LogP contribution >= 0.6 is 0 Å². The molecule has 4 rings (SSSR count). The third-order valence-corrected chi connectivity index (χ3v) is 6.76. The first kappa shape index (κ1) is 22.5. The van der Waals surface area contributed by atoms with Gasteiger partial charge in [0.1, 0.15) is 17.3 Å². The van der Waals surface area contributed by atoms with Gasteiger partial charge in [0.05, 0.1) is 0 Å². The van der Waals surface area contributed by atoms with E-state index in [0.29, 0.717) is 25.3 Å². The highest BCUT2D eigenvalue weighted by atomic mass is 19.1. The van der Waals surface area contributed by atoms with Crippen LogP contribution in [0, 0.1) is 19.7 Å². The average molecular weight is 442 g/mol. The number of hydrogen-bond acceptors (Lipinski definition) is 4. The summed E-state index contributed by atoms with van der Waals surface area (Å²) in [5, 5.41) is 0. The molecule has 172 valence electrons. The maximum atomic E-state index is 13.4. The largest absolute Gasteiger partial charge is 0.343 e. The Morgan fingerprint density at radius 1 is 1.03 bits per heavy atom. The van der Waals surface area contributed by atoms with Gasteiger partial charge in [0.25, 0.3) is 5.91 Å². The number of aromatic nitrogens is 2. The van der Waals surface area contributed by atoms with Crippen molar-refractivity contribution in [3.05, 3.63) is 52.9 Å². The molecule has 0 saturated carbocycles. The number of halogens is 1. The van der Waals surface area contributed by atoms with E-state index in [1.807, 2.05) is 29.7 Å². The number of rotatable bonds is 4. The third-order valence-electron chi connectivity index (χ3n) is 6.76. The van der Waals surface area contributed by atoms with Crippen molar-refractivity contribution in [2.75, 3.05) is 39.3 Å². The number of carbonyl (C=O) groups excluding carboxylic acids is 2. The molecular weight excluding hydrogens is 409 g/mol. The number of piperazine rings is 1. The van der Waals surface area contributed by atoms with Crippen LogP contribution in [0.5, 0.6) is 0 Å². The normalized spacial score (nSPS) is 18.2. The summed E-state index contributed by atoms with van der Waals surface area (Å²) in [5.74, 6) is 0.743. The summed E-state index contributed by atoms with van der Waals surface area (Å²) < 4.78 is 15.6. The Balaban J connectivity index is 1.38. The maximum absolute atomic E-state index is 13.4. The Kier molecular flexibility index (Phi) is 6.60. The van der Waals surface area contributed by atoms with Crippen LogP contribution in [-0.2, 0) is 11.3 Å². The summed E-state index contributed by atoms with van der Waals surface area (Å²) in [6.45, 7) is 10.5. The summed E-state index contributed by atoms with van der Waals surface area (Å²) >= 11 is 0. The zero-order chi connectivity index (χ0) is 22.8. The zero-order valence-electron chi connectivity index (χ0n) is 19.2. The van der Waals surface area contributed by atoms with Crippen LogP contribution in [0.2, 0.25) is 0 Å². The number of nitrogens with zero attached hydrogens (tertiary/aromatic N) is 5. The maximum Gasteiger partial charge on any atom is 0.274 e. The van der Waals surface area contributed by atoms with Crippen LogP contribution in [0.25, 0.3) is 0 Å². The van der Waals surface area contributed by atoms with Crippen LogP contribution in [0.1, 0.15) is 53.4 Å². The van der Waals surface area contributed by atoms with Crippen molar-refractivity contribution in [3.63, 3.8) is 0 Å². The number of aryl methyl sites for hydroxylation is 1. The fourth-order valence-electron chi connectivity index (χ4n) is 4.99. The summed E-state index contributed by atoms with van der Waals surface area (Å²) in [6, 6.07) is 6.95. The van der Waals surface area contributed by atoms with E-state index in [1.165, 1.54) is 6.07 Å². The number of hydrogen-bond donors (Lipinski definition) is 0. The van der Waals surface area contributed by atoms with Crippen LogP contribution in [-0.4, -0.2) is 75.3 Å². The number of carbonyl (C=O) groups is 2. The second kappa shape index (κ2) is 9.40. The molecule has 32 heavy (non-hydrogen) atoms. The van der Waals surface area contributed by atoms with Crippen molar-refractivity contribution in [1.29, 1.82) is 0 Å². The predicted octanol–water partition coefficient (Wildman–Crippen LogP) is 2.78. The lowest BCUT2D eigenvalue weighted by Crippen LogP contribution is -2.48. The molecular formula is C24H32FN5O2. The fraction of sp³-hybridized carbons (Fsp3) is 0.542. The summed E-state index contributed by atoms with van der Waals surface area (Å²) in [4.78, 5) is 35.5. The van der Waals surface area contributed by atoms with Crippen molar-refractivity contribution < 1.29 is 14.0 Å². The number of likely N-dealkylation sites (tertiary alicyclic amines) is 1. The molecule has 2 aliphatic heterocycles. The van der Waals surface area contributed by atoms with Gasteiger partial charge >= 0.3 is 0 Å². The van der Waals surface area contributed by atoms with E-state index < -0.39 is 0 Å². The molecule has 1 aromatic carbocycles. The Labute approximate surface area is 188 Å². The van der Waals surface area contributed by atoms with Crippen LogP contribution in [0.4, 0.5) is 4.39 Å². The lowest BCUT2D eigenvalue weighted by Gasteiger charge is -2.34. The van der Waals surface area contributed by atoms with Crippen molar-refractivity contribution >= 4 is 11.8 Å². The molecule has 0 radical (unpaired) electrons. The van der Waals surface area contributed by atoms with Gasteiger partial charge in [-0.15, -0.1) is 0 Å². The Morgan fingerprint density at radius 2 is 1.72 bits per heavy atom. The van der Waals surface area contributed by atoms with Gasteiger partial charge in [0, 0.05) is 64.5 Å². The van der Waals surface area contributed by atoms with E-state index in [4.69, 9.17) is 0 Å². The molecule has 0 bridgehead atoms. The van der Waals surface area contributed by atoms with Gasteiger partial charge in [-0.05, 0) is 44.4 Å². The Morgan fingerprint density at radius 3 is 2.34 bits per heavy atom. The molecule has 2 fully saturated rings. The van der Waals surface area contributed by atoms with E-state index in [2.05, 4.69) is 14.5 Å². The van der Waals surface area contributed by atoms with Crippen LogP contribution in [0.3, 0.4) is 0 Å². The van der Waals surface area contributed by atoms with Gasteiger partial charge in [-0.2, -0.15) is 0 Å². The first-order valence-corrected chi connectivity index (χ1v) is 11.4. The van der Waals surface area contributed by atoms with Gasteiger partial charge in [-0.25, -0.2) is 9.37 Å². The first-order valence-electron chi connectivity index (χ1n) is 11.4. The third kappa shape index (κ3) is 4.70. The lowest BCUT2D eigenvalue weighted by atomic mass is 10.0. The minimum atomic E-state index is -0.218. The van der Waals surface area contributed by atoms with Crippen LogP contribution < -0.4 is 0 Å². The molecule has 0 unspecified atom stereocenters. The molecule has 2 saturated heterocycles. The first-order chi connectivity index (χ1) is 15.3. The number of piperidine rings is 1. The molecule has 3 heterocycles. The fourth-order valence-corrected chi connectivity index (χ4v) is 4.99. The van der Waals surface area contributed by atoms with E-state index in [-0.39, 0.29) is 23.7 Å². The lowest BCUT2D eigenvalue weighted by molar-refractivity contribution is -0.130. The summed E-state index contributed by atoms with van der Waals surface area (Å²) in [5.41, 5.74) is 2.40. The van der Waals surface area contributed by atoms with Gasteiger partial charge in [-0.3, -0.25) is 14.5 Å². The van der Waals surface area contributed by atoms with Crippen molar-refractivity contribution in [3.8, 4) is 0 Å². The van der Waals surface area contributed by atoms with Crippen molar-refractivity contribution in [2.24, 2.45) is 0 Å². The highest BCUT2D eigenvalue weighted by molar-refractivity contribution is 5.93. The Bertz CT molecular complexity index is 988. The minimum absolute atomic E-state index is 0.0177. The molecule has 2 aromatic rings. The number of amides is 2. The zero-order valence-corrected chi connectivity index (χ0v) is 19.2. The van der Waals surface area contributed by atoms with Crippen molar-refractivity contribution in [1.82, 2.24) is 24.3 Å². The van der Waals surface area contributed by atoms with Crippen LogP contribution in [0.15, 0.2) is 24.3 Å². The molecule has 0 atom stereocenters. The van der Waals surface area contributed by atoms with Gasteiger partial charge in [0.2, 0.25) is 5.91 Å². The predicted molar refractivity (Wildman–Crippen MR) is 120 cm³/mol.